The van der Waals surface area contributed by atoms with Gasteiger partial charge in [-0.25, -0.2) is 9.78 Å². The summed E-state index contributed by atoms with van der Waals surface area (Å²) in [7, 11) is 0. The van der Waals surface area contributed by atoms with E-state index in [4.69, 9.17) is 9.26 Å². The summed E-state index contributed by atoms with van der Waals surface area (Å²) in [6, 6.07) is 11.1. The Hall–Kier alpha value is -3.07. The van der Waals surface area contributed by atoms with E-state index in [-0.39, 0.29) is 23.9 Å². The SMILES string of the molecule is CCOC(=O)c1c(NC(=O)c2ccno2)nc(SC)n1Cc1ccccc1. The number of nitrogens with one attached hydrogen (secondary N) is 1. The quantitative estimate of drug-likeness (QED) is 0.492. The fraction of sp³-hybridized carbons (Fsp3) is 0.222. The van der Waals surface area contributed by atoms with Crippen molar-refractivity contribution in [1.82, 2.24) is 14.7 Å². The number of hydrogen-bond acceptors (Lipinski definition) is 7. The third-order valence-corrected chi connectivity index (χ3v) is 4.34. The topological polar surface area (TPSA) is 99.2 Å². The van der Waals surface area contributed by atoms with E-state index in [1.807, 2.05) is 36.6 Å². The van der Waals surface area contributed by atoms with Crippen molar-refractivity contribution in [3.63, 3.8) is 0 Å². The fourth-order valence-electron chi connectivity index (χ4n) is 2.50. The molecule has 0 aliphatic heterocycles. The number of rotatable bonds is 7. The van der Waals surface area contributed by atoms with E-state index < -0.39 is 11.9 Å². The molecule has 140 valence electrons. The molecule has 0 atom stereocenters. The number of esters is 1. The van der Waals surface area contributed by atoms with E-state index >= 15 is 0 Å². The number of carbonyl (C=O) groups excluding carboxylic acids is 2. The second-order valence-corrected chi connectivity index (χ2v) is 6.19. The zero-order chi connectivity index (χ0) is 19.2. The zero-order valence-electron chi connectivity index (χ0n) is 14.8. The van der Waals surface area contributed by atoms with Gasteiger partial charge in [0.1, 0.15) is 0 Å². The van der Waals surface area contributed by atoms with E-state index in [0.29, 0.717) is 11.7 Å². The van der Waals surface area contributed by atoms with Crippen LogP contribution in [0.2, 0.25) is 0 Å². The lowest BCUT2D eigenvalue weighted by Gasteiger charge is -2.11. The maximum atomic E-state index is 12.6. The molecule has 27 heavy (non-hydrogen) atoms. The molecule has 0 aliphatic carbocycles. The van der Waals surface area contributed by atoms with Gasteiger partial charge < -0.3 is 19.1 Å². The lowest BCUT2D eigenvalue weighted by Crippen LogP contribution is -2.18. The van der Waals surface area contributed by atoms with Crippen LogP contribution in [0.3, 0.4) is 0 Å². The lowest BCUT2D eigenvalue weighted by atomic mass is 10.2. The monoisotopic (exact) mass is 386 g/mol. The Morgan fingerprint density at radius 3 is 2.67 bits per heavy atom. The van der Waals surface area contributed by atoms with Crippen molar-refractivity contribution < 1.29 is 18.8 Å². The third kappa shape index (κ3) is 4.20. The Labute approximate surface area is 159 Å². The summed E-state index contributed by atoms with van der Waals surface area (Å²) in [6.07, 6.45) is 3.21. The first-order chi connectivity index (χ1) is 13.1. The Bertz CT molecular complexity index is 923. The molecule has 9 heteroatoms. The van der Waals surface area contributed by atoms with Gasteiger partial charge in [-0.2, -0.15) is 0 Å². The summed E-state index contributed by atoms with van der Waals surface area (Å²) in [4.78, 5) is 29.3. The lowest BCUT2D eigenvalue weighted by molar-refractivity contribution is 0.0514. The van der Waals surface area contributed by atoms with E-state index in [2.05, 4.69) is 15.5 Å². The van der Waals surface area contributed by atoms with Gasteiger partial charge in [0.05, 0.1) is 19.3 Å². The second-order valence-electron chi connectivity index (χ2n) is 5.42. The van der Waals surface area contributed by atoms with Crippen LogP contribution in [0.25, 0.3) is 0 Å². The number of benzene rings is 1. The van der Waals surface area contributed by atoms with Crippen molar-refractivity contribution in [2.45, 2.75) is 18.6 Å². The molecule has 8 nitrogen and oxygen atoms in total. The van der Waals surface area contributed by atoms with Gasteiger partial charge in [0.2, 0.25) is 5.76 Å². The van der Waals surface area contributed by atoms with Gasteiger partial charge >= 0.3 is 5.97 Å². The van der Waals surface area contributed by atoms with Crippen LogP contribution < -0.4 is 5.32 Å². The maximum absolute atomic E-state index is 12.6. The van der Waals surface area contributed by atoms with Crippen LogP contribution in [0.15, 0.2) is 52.3 Å². The molecular formula is C18H18N4O4S. The van der Waals surface area contributed by atoms with Gasteiger partial charge in [0, 0.05) is 6.07 Å². The molecule has 0 spiro atoms. The highest BCUT2D eigenvalue weighted by Gasteiger charge is 2.26. The first kappa shape index (κ1) is 18.7. The average Bonchev–Trinajstić information content (AvgIpc) is 3.31. The summed E-state index contributed by atoms with van der Waals surface area (Å²) in [5.74, 6) is -0.965. The molecule has 3 rings (SSSR count). The summed E-state index contributed by atoms with van der Waals surface area (Å²) in [5, 5.41) is 6.70. The van der Waals surface area contributed by atoms with Crippen LogP contribution in [-0.4, -0.2) is 39.4 Å². The van der Waals surface area contributed by atoms with Crippen LogP contribution in [0.4, 0.5) is 5.82 Å². The molecule has 2 heterocycles. The normalized spacial score (nSPS) is 10.6. The van der Waals surface area contributed by atoms with Crippen molar-refractivity contribution in [1.29, 1.82) is 0 Å². The third-order valence-electron chi connectivity index (χ3n) is 3.66. The minimum atomic E-state index is -0.561. The molecular weight excluding hydrogens is 368 g/mol. The minimum absolute atomic E-state index is 0.0214. The minimum Gasteiger partial charge on any atom is -0.461 e. The number of anilines is 1. The largest absolute Gasteiger partial charge is 0.461 e. The summed E-state index contributed by atoms with van der Waals surface area (Å²) in [5.41, 5.74) is 1.17. The van der Waals surface area contributed by atoms with Crippen LogP contribution in [0.1, 0.15) is 33.5 Å². The van der Waals surface area contributed by atoms with Crippen molar-refractivity contribution in [2.75, 3.05) is 18.2 Å². The Balaban J connectivity index is 2.01. The molecule has 0 bridgehead atoms. The van der Waals surface area contributed by atoms with Crippen LogP contribution in [-0.2, 0) is 11.3 Å². The number of hydrogen-bond donors (Lipinski definition) is 1. The Morgan fingerprint density at radius 2 is 2.04 bits per heavy atom. The van der Waals surface area contributed by atoms with Gasteiger partial charge in [-0.05, 0) is 18.7 Å². The van der Waals surface area contributed by atoms with Crippen molar-refractivity contribution >= 4 is 29.5 Å². The maximum Gasteiger partial charge on any atom is 0.358 e. The molecule has 0 unspecified atom stereocenters. The predicted molar refractivity (Wildman–Crippen MR) is 100.0 cm³/mol. The van der Waals surface area contributed by atoms with Crippen molar-refractivity contribution in [3.05, 3.63) is 59.6 Å². The van der Waals surface area contributed by atoms with Crippen molar-refractivity contribution in [3.8, 4) is 0 Å². The highest BCUT2D eigenvalue weighted by atomic mass is 32.2. The van der Waals surface area contributed by atoms with Gasteiger partial charge in [0.25, 0.3) is 5.91 Å². The summed E-state index contributed by atoms with van der Waals surface area (Å²) >= 11 is 1.37. The van der Waals surface area contributed by atoms with Gasteiger partial charge in [0.15, 0.2) is 16.7 Å². The molecule has 0 saturated heterocycles. The number of ether oxygens (including phenoxy) is 1. The molecule has 0 saturated carbocycles. The van der Waals surface area contributed by atoms with Crippen molar-refractivity contribution in [2.24, 2.45) is 0 Å². The van der Waals surface area contributed by atoms with E-state index in [1.54, 1.807) is 11.5 Å². The van der Waals surface area contributed by atoms with E-state index in [9.17, 15) is 9.59 Å². The highest BCUT2D eigenvalue weighted by Crippen LogP contribution is 2.26. The average molecular weight is 386 g/mol. The number of imidazole rings is 1. The fourth-order valence-corrected chi connectivity index (χ4v) is 3.06. The molecule has 1 aromatic carbocycles. The predicted octanol–water partition coefficient (Wildman–Crippen LogP) is 3.07. The smallest absolute Gasteiger partial charge is 0.358 e. The Kier molecular flexibility index (Phi) is 5.92. The molecule has 2 aromatic heterocycles. The first-order valence-corrected chi connectivity index (χ1v) is 9.44. The van der Waals surface area contributed by atoms with Crippen LogP contribution >= 0.6 is 11.8 Å². The summed E-state index contributed by atoms with van der Waals surface area (Å²) in [6.45, 7) is 2.34. The molecule has 0 radical (unpaired) electrons. The standard InChI is InChI=1S/C18H18N4O4S/c1-3-25-17(24)14-15(20-16(23)13-9-10-19-26-13)21-18(27-2)22(14)11-12-7-5-4-6-8-12/h4-10H,3,11H2,1-2H3,(H,20,23). The van der Waals surface area contributed by atoms with Crippen LogP contribution in [0.5, 0.6) is 0 Å². The van der Waals surface area contributed by atoms with Gasteiger partial charge in [-0.1, -0.05) is 47.3 Å². The Morgan fingerprint density at radius 1 is 1.26 bits per heavy atom. The highest BCUT2D eigenvalue weighted by molar-refractivity contribution is 7.98. The van der Waals surface area contributed by atoms with E-state index in [1.165, 1.54) is 24.0 Å². The summed E-state index contributed by atoms with van der Waals surface area (Å²) < 4.78 is 11.8. The molecule has 1 amide bonds. The van der Waals surface area contributed by atoms with Gasteiger partial charge in [-0.3, -0.25) is 4.79 Å². The molecule has 0 fully saturated rings. The number of aromatic nitrogens is 3. The zero-order valence-corrected chi connectivity index (χ0v) is 15.7. The first-order valence-electron chi connectivity index (χ1n) is 8.21. The number of nitrogens with zero attached hydrogens (tertiary/aromatic N) is 3. The second kappa shape index (κ2) is 8.54. The number of thioether (sulfide) groups is 1. The number of amides is 1. The molecule has 3 aromatic rings. The molecule has 0 aliphatic rings. The number of carbonyl (C=O) groups is 2. The van der Waals surface area contributed by atoms with E-state index in [0.717, 1.165) is 5.56 Å². The van der Waals surface area contributed by atoms with Crippen LogP contribution in [0, 0.1) is 0 Å². The molecule has 1 N–H and O–H groups in total. The van der Waals surface area contributed by atoms with Gasteiger partial charge in [-0.15, -0.1) is 0 Å².